The highest BCUT2D eigenvalue weighted by Crippen LogP contribution is 1.95. The van der Waals surface area contributed by atoms with Crippen LogP contribution in [0.15, 0.2) is 12.7 Å². The molecular weight excluding hydrogens is 140 g/mol. The normalized spacial score (nSPS) is 23.0. The SMILES string of the molecule is C=CC(O)CN1CCNCC1. The smallest absolute Gasteiger partial charge is 0.0845 e. The lowest BCUT2D eigenvalue weighted by atomic mass is 10.3. The fraction of sp³-hybridized carbons (Fsp3) is 0.750. The second-order valence-corrected chi connectivity index (χ2v) is 2.85. The average molecular weight is 156 g/mol. The highest BCUT2D eigenvalue weighted by molar-refractivity contribution is 4.82. The van der Waals surface area contributed by atoms with Gasteiger partial charge in [0.25, 0.3) is 0 Å². The monoisotopic (exact) mass is 156 g/mol. The van der Waals surface area contributed by atoms with Crippen molar-refractivity contribution >= 4 is 0 Å². The molecule has 1 atom stereocenters. The van der Waals surface area contributed by atoms with Crippen LogP contribution in [0, 0.1) is 0 Å². The van der Waals surface area contributed by atoms with E-state index >= 15 is 0 Å². The molecule has 1 aliphatic heterocycles. The molecule has 3 nitrogen and oxygen atoms in total. The number of aliphatic hydroxyl groups excluding tert-OH is 1. The molecule has 1 fully saturated rings. The van der Waals surface area contributed by atoms with Crippen LogP contribution in [-0.4, -0.2) is 48.8 Å². The molecule has 0 bridgehead atoms. The van der Waals surface area contributed by atoms with E-state index in [1.165, 1.54) is 0 Å². The van der Waals surface area contributed by atoms with E-state index in [-0.39, 0.29) is 6.10 Å². The molecular formula is C8H16N2O. The second kappa shape index (κ2) is 4.49. The van der Waals surface area contributed by atoms with Crippen molar-refractivity contribution in [2.24, 2.45) is 0 Å². The van der Waals surface area contributed by atoms with E-state index < -0.39 is 0 Å². The van der Waals surface area contributed by atoms with Crippen LogP contribution in [0.4, 0.5) is 0 Å². The van der Waals surface area contributed by atoms with E-state index in [0.717, 1.165) is 32.7 Å². The molecule has 1 heterocycles. The predicted molar refractivity (Wildman–Crippen MR) is 45.5 cm³/mol. The number of nitrogens with one attached hydrogen (secondary N) is 1. The first-order chi connectivity index (χ1) is 5.33. The third-order valence-corrected chi connectivity index (χ3v) is 1.93. The predicted octanol–water partition coefficient (Wildman–Crippen LogP) is -0.562. The first kappa shape index (κ1) is 8.71. The van der Waals surface area contributed by atoms with Crippen molar-refractivity contribution in [2.45, 2.75) is 6.10 Å². The largest absolute Gasteiger partial charge is 0.388 e. The molecule has 1 unspecified atom stereocenters. The second-order valence-electron chi connectivity index (χ2n) is 2.85. The fourth-order valence-electron chi connectivity index (χ4n) is 1.23. The molecule has 0 aromatic carbocycles. The molecule has 11 heavy (non-hydrogen) atoms. The molecule has 0 amide bonds. The summed E-state index contributed by atoms with van der Waals surface area (Å²) < 4.78 is 0. The summed E-state index contributed by atoms with van der Waals surface area (Å²) in [6, 6.07) is 0. The molecule has 1 rings (SSSR count). The minimum atomic E-state index is -0.368. The van der Waals surface area contributed by atoms with Crippen LogP contribution in [0.25, 0.3) is 0 Å². The van der Waals surface area contributed by atoms with Crippen molar-refractivity contribution < 1.29 is 5.11 Å². The van der Waals surface area contributed by atoms with Gasteiger partial charge in [0.2, 0.25) is 0 Å². The van der Waals surface area contributed by atoms with Crippen LogP contribution in [-0.2, 0) is 0 Å². The average Bonchev–Trinajstić information content (AvgIpc) is 2.06. The first-order valence-corrected chi connectivity index (χ1v) is 4.06. The number of β-amino-alcohol motifs (C(OH)–C–C–N with tert-alkyl or cyclic N) is 1. The number of rotatable bonds is 3. The van der Waals surface area contributed by atoms with Crippen molar-refractivity contribution in [3.05, 3.63) is 12.7 Å². The van der Waals surface area contributed by atoms with Gasteiger partial charge in [-0.3, -0.25) is 4.90 Å². The van der Waals surface area contributed by atoms with Crippen molar-refractivity contribution in [2.75, 3.05) is 32.7 Å². The van der Waals surface area contributed by atoms with Crippen LogP contribution in [0.5, 0.6) is 0 Å². The fourth-order valence-corrected chi connectivity index (χ4v) is 1.23. The van der Waals surface area contributed by atoms with Crippen molar-refractivity contribution in [3.63, 3.8) is 0 Å². The summed E-state index contributed by atoms with van der Waals surface area (Å²) in [7, 11) is 0. The first-order valence-electron chi connectivity index (χ1n) is 4.06. The lowest BCUT2D eigenvalue weighted by molar-refractivity contribution is 0.137. The number of hydrogen-bond donors (Lipinski definition) is 2. The summed E-state index contributed by atoms with van der Waals surface area (Å²) >= 11 is 0. The maximum atomic E-state index is 9.23. The maximum absolute atomic E-state index is 9.23. The third kappa shape index (κ3) is 3.01. The minimum absolute atomic E-state index is 0.368. The zero-order valence-electron chi connectivity index (χ0n) is 6.79. The Morgan fingerprint density at radius 2 is 2.18 bits per heavy atom. The summed E-state index contributed by atoms with van der Waals surface area (Å²) in [6.45, 7) is 8.39. The number of hydrogen-bond acceptors (Lipinski definition) is 3. The summed E-state index contributed by atoms with van der Waals surface area (Å²) in [5, 5.41) is 12.5. The van der Waals surface area contributed by atoms with Gasteiger partial charge in [0.15, 0.2) is 0 Å². The van der Waals surface area contributed by atoms with Gasteiger partial charge in [-0.15, -0.1) is 6.58 Å². The molecule has 1 aliphatic rings. The maximum Gasteiger partial charge on any atom is 0.0845 e. The highest BCUT2D eigenvalue weighted by atomic mass is 16.3. The lowest BCUT2D eigenvalue weighted by Crippen LogP contribution is -2.45. The molecule has 3 heteroatoms. The molecule has 0 aromatic rings. The molecule has 0 radical (unpaired) electrons. The van der Waals surface area contributed by atoms with Gasteiger partial charge < -0.3 is 10.4 Å². The van der Waals surface area contributed by atoms with Crippen LogP contribution in [0.1, 0.15) is 0 Å². The van der Waals surface area contributed by atoms with Gasteiger partial charge in [-0.05, 0) is 0 Å². The van der Waals surface area contributed by atoms with Gasteiger partial charge in [-0.2, -0.15) is 0 Å². The van der Waals surface area contributed by atoms with Gasteiger partial charge in [0, 0.05) is 32.7 Å². The number of piperazine rings is 1. The molecule has 0 aromatic heterocycles. The van der Waals surface area contributed by atoms with E-state index in [2.05, 4.69) is 16.8 Å². The van der Waals surface area contributed by atoms with Crippen LogP contribution in [0.3, 0.4) is 0 Å². The Hall–Kier alpha value is -0.380. The van der Waals surface area contributed by atoms with E-state index in [4.69, 9.17) is 0 Å². The molecule has 1 saturated heterocycles. The Bertz CT molecular complexity index is 121. The van der Waals surface area contributed by atoms with Gasteiger partial charge in [0.1, 0.15) is 0 Å². The summed E-state index contributed by atoms with van der Waals surface area (Å²) in [4.78, 5) is 2.24. The summed E-state index contributed by atoms with van der Waals surface area (Å²) in [5.74, 6) is 0. The lowest BCUT2D eigenvalue weighted by Gasteiger charge is -2.28. The van der Waals surface area contributed by atoms with Crippen LogP contribution in [0.2, 0.25) is 0 Å². The zero-order valence-corrected chi connectivity index (χ0v) is 6.79. The van der Waals surface area contributed by atoms with E-state index in [9.17, 15) is 5.11 Å². The summed E-state index contributed by atoms with van der Waals surface area (Å²) in [6.07, 6.45) is 1.22. The van der Waals surface area contributed by atoms with Crippen LogP contribution < -0.4 is 5.32 Å². The van der Waals surface area contributed by atoms with Gasteiger partial charge in [-0.25, -0.2) is 0 Å². The highest BCUT2D eigenvalue weighted by Gasteiger charge is 2.11. The van der Waals surface area contributed by atoms with Gasteiger partial charge in [-0.1, -0.05) is 6.08 Å². The topological polar surface area (TPSA) is 35.5 Å². The molecule has 0 aliphatic carbocycles. The number of aliphatic hydroxyl groups is 1. The van der Waals surface area contributed by atoms with Gasteiger partial charge >= 0.3 is 0 Å². The quantitative estimate of drug-likeness (QED) is 0.538. The van der Waals surface area contributed by atoms with Crippen LogP contribution >= 0.6 is 0 Å². The van der Waals surface area contributed by atoms with E-state index in [1.807, 2.05) is 0 Å². The minimum Gasteiger partial charge on any atom is -0.388 e. The Morgan fingerprint density at radius 1 is 1.55 bits per heavy atom. The summed E-state index contributed by atoms with van der Waals surface area (Å²) in [5.41, 5.74) is 0. The molecule has 2 N–H and O–H groups in total. The Kier molecular flexibility index (Phi) is 3.56. The standard InChI is InChI=1S/C8H16N2O/c1-2-8(11)7-10-5-3-9-4-6-10/h2,8-9,11H,1,3-7H2. The molecule has 64 valence electrons. The number of nitrogens with zero attached hydrogens (tertiary/aromatic N) is 1. The van der Waals surface area contributed by atoms with Crippen molar-refractivity contribution in [1.82, 2.24) is 10.2 Å². The van der Waals surface area contributed by atoms with Gasteiger partial charge in [0.05, 0.1) is 6.10 Å². The Labute approximate surface area is 67.7 Å². The van der Waals surface area contributed by atoms with E-state index in [0.29, 0.717) is 0 Å². The third-order valence-electron chi connectivity index (χ3n) is 1.93. The Morgan fingerprint density at radius 3 is 2.73 bits per heavy atom. The van der Waals surface area contributed by atoms with E-state index in [1.54, 1.807) is 6.08 Å². The zero-order chi connectivity index (χ0) is 8.10. The Balaban J connectivity index is 2.18. The van der Waals surface area contributed by atoms with Crippen molar-refractivity contribution in [3.8, 4) is 0 Å². The van der Waals surface area contributed by atoms with Crippen molar-refractivity contribution in [1.29, 1.82) is 0 Å². The molecule has 0 saturated carbocycles. The molecule has 0 spiro atoms.